The SMILES string of the molecule is Cc1ccc(S(=O)(=O)N2CC[C@]3(Cl)CCCC[C@H]3[C@H]2c2ccccc2)cc1. The number of benzene rings is 2. The summed E-state index contributed by atoms with van der Waals surface area (Å²) in [5.74, 6) is 0.143. The fraction of sp³-hybridized carbons (Fsp3) is 0.455. The minimum absolute atomic E-state index is 0.143. The second-order valence-electron chi connectivity index (χ2n) is 7.92. The van der Waals surface area contributed by atoms with E-state index in [4.69, 9.17) is 11.6 Å². The Bertz CT molecular complexity index is 898. The molecule has 2 aromatic carbocycles. The minimum Gasteiger partial charge on any atom is -0.207 e. The zero-order valence-corrected chi connectivity index (χ0v) is 17.2. The Morgan fingerprint density at radius 2 is 1.70 bits per heavy atom. The highest BCUT2D eigenvalue weighted by molar-refractivity contribution is 7.89. The molecule has 27 heavy (non-hydrogen) atoms. The highest BCUT2D eigenvalue weighted by Gasteiger charge is 2.51. The van der Waals surface area contributed by atoms with E-state index in [0.29, 0.717) is 17.9 Å². The van der Waals surface area contributed by atoms with E-state index in [1.54, 1.807) is 16.4 Å². The van der Waals surface area contributed by atoms with Crippen molar-refractivity contribution in [1.29, 1.82) is 0 Å². The Kier molecular flexibility index (Phi) is 5.08. The van der Waals surface area contributed by atoms with Gasteiger partial charge in [0.25, 0.3) is 0 Å². The molecule has 3 atom stereocenters. The predicted octanol–water partition coefficient (Wildman–Crippen LogP) is 5.30. The summed E-state index contributed by atoms with van der Waals surface area (Å²) in [6.45, 7) is 2.43. The van der Waals surface area contributed by atoms with Gasteiger partial charge in [0.2, 0.25) is 10.0 Å². The molecule has 4 rings (SSSR count). The molecule has 0 N–H and O–H groups in total. The van der Waals surface area contributed by atoms with Crippen LogP contribution in [0.3, 0.4) is 0 Å². The molecule has 0 amide bonds. The van der Waals surface area contributed by atoms with E-state index in [9.17, 15) is 8.42 Å². The van der Waals surface area contributed by atoms with E-state index in [-0.39, 0.29) is 16.8 Å². The van der Waals surface area contributed by atoms with Gasteiger partial charge >= 0.3 is 0 Å². The van der Waals surface area contributed by atoms with Crippen molar-refractivity contribution in [3.8, 4) is 0 Å². The first-order valence-electron chi connectivity index (χ1n) is 9.74. The smallest absolute Gasteiger partial charge is 0.207 e. The van der Waals surface area contributed by atoms with Gasteiger partial charge in [0, 0.05) is 6.54 Å². The third-order valence-corrected chi connectivity index (χ3v) is 8.78. The molecule has 2 fully saturated rings. The third-order valence-electron chi connectivity index (χ3n) is 6.23. The number of sulfonamides is 1. The molecule has 2 aromatic rings. The van der Waals surface area contributed by atoms with Crippen LogP contribution in [-0.4, -0.2) is 24.1 Å². The molecule has 0 aromatic heterocycles. The van der Waals surface area contributed by atoms with Crippen molar-refractivity contribution < 1.29 is 8.42 Å². The zero-order chi connectivity index (χ0) is 19.1. The second-order valence-corrected chi connectivity index (χ2v) is 10.6. The third kappa shape index (κ3) is 3.43. The summed E-state index contributed by atoms with van der Waals surface area (Å²) in [4.78, 5) is 0.0739. The number of fused-ring (bicyclic) bond motifs is 1. The molecule has 0 unspecified atom stereocenters. The molecule has 144 valence electrons. The predicted molar refractivity (Wildman–Crippen MR) is 109 cm³/mol. The van der Waals surface area contributed by atoms with Gasteiger partial charge in [-0.1, -0.05) is 60.9 Å². The highest BCUT2D eigenvalue weighted by atomic mass is 35.5. The molecule has 3 nitrogen and oxygen atoms in total. The number of nitrogens with zero attached hydrogens (tertiary/aromatic N) is 1. The minimum atomic E-state index is -3.58. The van der Waals surface area contributed by atoms with Gasteiger partial charge in [0.05, 0.1) is 15.8 Å². The van der Waals surface area contributed by atoms with E-state index < -0.39 is 10.0 Å². The van der Waals surface area contributed by atoms with Crippen LogP contribution in [0.25, 0.3) is 0 Å². The zero-order valence-electron chi connectivity index (χ0n) is 15.6. The maximum atomic E-state index is 13.5. The van der Waals surface area contributed by atoms with Crippen molar-refractivity contribution >= 4 is 21.6 Å². The summed E-state index contributed by atoms with van der Waals surface area (Å²) in [7, 11) is -3.58. The van der Waals surface area contributed by atoms with Gasteiger partial charge in [-0.05, 0) is 49.8 Å². The Morgan fingerprint density at radius 1 is 1.00 bits per heavy atom. The van der Waals surface area contributed by atoms with Crippen LogP contribution in [0, 0.1) is 12.8 Å². The number of hydrogen-bond acceptors (Lipinski definition) is 2. The fourth-order valence-corrected chi connectivity index (χ4v) is 6.88. The number of piperidine rings is 1. The number of aryl methyl sites for hydroxylation is 1. The van der Waals surface area contributed by atoms with Crippen molar-refractivity contribution in [3.63, 3.8) is 0 Å². The average Bonchev–Trinajstić information content (AvgIpc) is 2.67. The van der Waals surface area contributed by atoms with Gasteiger partial charge < -0.3 is 0 Å². The lowest BCUT2D eigenvalue weighted by atomic mass is 9.69. The molecule has 0 spiro atoms. The lowest BCUT2D eigenvalue weighted by Crippen LogP contribution is -2.53. The molecule has 1 saturated heterocycles. The lowest BCUT2D eigenvalue weighted by molar-refractivity contribution is 0.0933. The first kappa shape index (κ1) is 19.0. The summed E-state index contributed by atoms with van der Waals surface area (Å²) in [6, 6.07) is 17.0. The number of halogens is 1. The maximum Gasteiger partial charge on any atom is 0.243 e. The summed E-state index contributed by atoms with van der Waals surface area (Å²) in [6.07, 6.45) is 4.91. The van der Waals surface area contributed by atoms with E-state index in [1.165, 1.54) is 0 Å². The monoisotopic (exact) mass is 403 g/mol. The summed E-state index contributed by atoms with van der Waals surface area (Å²) < 4.78 is 28.8. The summed E-state index contributed by atoms with van der Waals surface area (Å²) in [5, 5.41) is 0. The summed E-state index contributed by atoms with van der Waals surface area (Å²) in [5.41, 5.74) is 2.10. The van der Waals surface area contributed by atoms with Crippen LogP contribution >= 0.6 is 11.6 Å². The molecule has 5 heteroatoms. The van der Waals surface area contributed by atoms with E-state index >= 15 is 0 Å². The molecule has 1 aliphatic carbocycles. The lowest BCUT2D eigenvalue weighted by Gasteiger charge is -2.51. The standard InChI is InChI=1S/C22H26ClNO2S/c1-17-10-12-19(13-11-17)27(25,26)24-16-15-22(23)14-6-5-9-20(22)21(24)18-7-3-2-4-8-18/h2-4,7-8,10-13,20-21H,5-6,9,14-16H2,1H3/t20-,21+,22+/m0/s1. The van der Waals surface area contributed by atoms with E-state index in [1.807, 2.05) is 49.4 Å². The van der Waals surface area contributed by atoms with Crippen molar-refractivity contribution in [1.82, 2.24) is 4.31 Å². The van der Waals surface area contributed by atoms with Gasteiger partial charge in [-0.25, -0.2) is 8.42 Å². The van der Waals surface area contributed by atoms with Gasteiger partial charge in [0.15, 0.2) is 0 Å². The average molecular weight is 404 g/mol. The quantitative estimate of drug-likeness (QED) is 0.652. The van der Waals surface area contributed by atoms with Gasteiger partial charge in [-0.15, -0.1) is 11.6 Å². The van der Waals surface area contributed by atoms with Crippen LogP contribution in [0.5, 0.6) is 0 Å². The number of rotatable bonds is 3. The van der Waals surface area contributed by atoms with Crippen molar-refractivity contribution in [2.75, 3.05) is 6.54 Å². The van der Waals surface area contributed by atoms with Crippen LogP contribution in [-0.2, 0) is 10.0 Å². The molecule has 0 radical (unpaired) electrons. The van der Waals surface area contributed by atoms with Gasteiger partial charge in [-0.2, -0.15) is 4.31 Å². The van der Waals surface area contributed by atoms with E-state index in [0.717, 1.165) is 36.8 Å². The van der Waals surface area contributed by atoms with Crippen LogP contribution in [0.2, 0.25) is 0 Å². The number of alkyl halides is 1. The normalized spacial score (nSPS) is 29.3. The first-order chi connectivity index (χ1) is 12.9. The topological polar surface area (TPSA) is 37.4 Å². The molecule has 1 heterocycles. The maximum absolute atomic E-state index is 13.5. The molecule has 1 saturated carbocycles. The fourth-order valence-electron chi connectivity index (χ4n) is 4.78. The highest BCUT2D eigenvalue weighted by Crippen LogP contribution is 2.53. The Balaban J connectivity index is 1.80. The largest absolute Gasteiger partial charge is 0.243 e. The van der Waals surface area contributed by atoms with Crippen LogP contribution in [0.1, 0.15) is 49.3 Å². The van der Waals surface area contributed by atoms with Crippen molar-refractivity contribution in [3.05, 3.63) is 65.7 Å². The van der Waals surface area contributed by atoms with Gasteiger partial charge in [0.1, 0.15) is 0 Å². The van der Waals surface area contributed by atoms with Crippen molar-refractivity contribution in [2.45, 2.75) is 54.8 Å². The Morgan fingerprint density at radius 3 is 2.41 bits per heavy atom. The first-order valence-corrected chi connectivity index (χ1v) is 11.6. The van der Waals surface area contributed by atoms with Gasteiger partial charge in [-0.3, -0.25) is 0 Å². The molecule has 2 aliphatic rings. The number of hydrogen-bond donors (Lipinski definition) is 0. The molecular formula is C22H26ClNO2S. The van der Waals surface area contributed by atoms with Crippen LogP contribution < -0.4 is 0 Å². The summed E-state index contributed by atoms with van der Waals surface area (Å²) >= 11 is 7.08. The van der Waals surface area contributed by atoms with Crippen LogP contribution in [0.15, 0.2) is 59.5 Å². The van der Waals surface area contributed by atoms with Crippen LogP contribution in [0.4, 0.5) is 0 Å². The Labute approximate surface area is 167 Å². The molecular weight excluding hydrogens is 378 g/mol. The van der Waals surface area contributed by atoms with Crippen molar-refractivity contribution in [2.24, 2.45) is 5.92 Å². The molecule has 0 bridgehead atoms. The Hall–Kier alpha value is -1.36. The van der Waals surface area contributed by atoms with E-state index in [2.05, 4.69) is 0 Å². The molecule has 1 aliphatic heterocycles. The second kappa shape index (κ2) is 7.23.